The van der Waals surface area contributed by atoms with E-state index in [2.05, 4.69) is 22.9 Å². The van der Waals surface area contributed by atoms with Gasteiger partial charge in [-0.3, -0.25) is 19.2 Å². The van der Waals surface area contributed by atoms with Crippen molar-refractivity contribution in [2.75, 3.05) is 13.1 Å². The molecule has 27 heavy (non-hydrogen) atoms. The Morgan fingerprint density at radius 1 is 1.00 bits per heavy atom. The summed E-state index contributed by atoms with van der Waals surface area (Å²) >= 11 is 0. The number of hydrogen-bond donors (Lipinski definition) is 4. The number of amides is 3. The smallest absolute Gasteiger partial charge is 0.305 e. The first kappa shape index (κ1) is 22.1. The van der Waals surface area contributed by atoms with Gasteiger partial charge in [0.2, 0.25) is 11.8 Å². The third kappa shape index (κ3) is 9.39. The Kier molecular flexibility index (Phi) is 10.2. The van der Waals surface area contributed by atoms with Crippen molar-refractivity contribution in [3.05, 3.63) is 35.9 Å². The second-order valence-corrected chi connectivity index (χ2v) is 6.12. The molecule has 1 aromatic rings. The minimum atomic E-state index is -1.27. The lowest BCUT2D eigenvalue weighted by Crippen LogP contribution is -2.50. The van der Waals surface area contributed by atoms with Gasteiger partial charge in [0.05, 0.1) is 13.0 Å². The minimum Gasteiger partial charge on any atom is -0.481 e. The first-order chi connectivity index (χ1) is 12.9. The number of nitrogens with one attached hydrogen (secondary N) is 3. The summed E-state index contributed by atoms with van der Waals surface area (Å²) in [5, 5.41) is 16.4. The summed E-state index contributed by atoms with van der Waals surface area (Å²) in [5.74, 6) is -2.87. The predicted molar refractivity (Wildman–Crippen MR) is 100 cm³/mol. The van der Waals surface area contributed by atoms with E-state index >= 15 is 0 Å². The lowest BCUT2D eigenvalue weighted by Gasteiger charge is -2.17. The highest BCUT2D eigenvalue weighted by Gasteiger charge is 2.24. The predicted octanol–water partition coefficient (Wildman–Crippen LogP) is 1.07. The van der Waals surface area contributed by atoms with Gasteiger partial charge in [-0.2, -0.15) is 0 Å². The van der Waals surface area contributed by atoms with Crippen molar-refractivity contribution in [3.8, 4) is 0 Å². The van der Waals surface area contributed by atoms with Gasteiger partial charge in [0.25, 0.3) is 5.91 Å². The van der Waals surface area contributed by atoms with Crippen LogP contribution in [-0.4, -0.2) is 47.9 Å². The molecule has 8 nitrogen and oxygen atoms in total. The largest absolute Gasteiger partial charge is 0.481 e. The molecule has 1 aromatic carbocycles. The molecule has 8 heteroatoms. The van der Waals surface area contributed by atoms with E-state index in [1.54, 1.807) is 30.3 Å². The van der Waals surface area contributed by atoms with Crippen molar-refractivity contribution >= 4 is 23.7 Å². The summed E-state index contributed by atoms with van der Waals surface area (Å²) in [5.41, 5.74) is 0.311. The van der Waals surface area contributed by atoms with Crippen LogP contribution in [0.2, 0.25) is 0 Å². The van der Waals surface area contributed by atoms with Gasteiger partial charge < -0.3 is 21.1 Å². The fourth-order valence-electron chi connectivity index (χ4n) is 2.35. The molecule has 4 N–H and O–H groups in total. The maximum atomic E-state index is 12.2. The van der Waals surface area contributed by atoms with Gasteiger partial charge >= 0.3 is 5.97 Å². The number of carboxylic acids is 1. The zero-order valence-corrected chi connectivity index (χ0v) is 15.5. The molecule has 0 aliphatic rings. The van der Waals surface area contributed by atoms with E-state index in [4.69, 9.17) is 5.11 Å². The number of unbranched alkanes of at least 4 members (excludes halogenated alkanes) is 3. The van der Waals surface area contributed by atoms with Crippen LogP contribution < -0.4 is 16.0 Å². The molecule has 0 saturated heterocycles. The van der Waals surface area contributed by atoms with Gasteiger partial charge in [-0.15, -0.1) is 0 Å². The summed E-state index contributed by atoms with van der Waals surface area (Å²) in [7, 11) is 0. The monoisotopic (exact) mass is 377 g/mol. The summed E-state index contributed by atoms with van der Waals surface area (Å²) in [4.78, 5) is 47.1. The molecule has 1 unspecified atom stereocenters. The van der Waals surface area contributed by atoms with Gasteiger partial charge in [-0.05, 0) is 18.6 Å². The molecule has 0 aliphatic heterocycles. The van der Waals surface area contributed by atoms with Crippen molar-refractivity contribution in [1.29, 1.82) is 0 Å². The Balaban J connectivity index is 2.49. The maximum absolute atomic E-state index is 12.2. The number of aliphatic carboxylic acids is 1. The second-order valence-electron chi connectivity index (χ2n) is 6.12. The fraction of sp³-hybridized carbons (Fsp3) is 0.474. The summed E-state index contributed by atoms with van der Waals surface area (Å²) in [6.45, 7) is 2.35. The number of carbonyl (C=O) groups is 4. The van der Waals surface area contributed by atoms with Gasteiger partial charge in [0, 0.05) is 12.1 Å². The molecule has 0 bridgehead atoms. The molecule has 148 valence electrons. The van der Waals surface area contributed by atoms with E-state index in [0.717, 1.165) is 25.7 Å². The Morgan fingerprint density at radius 3 is 2.33 bits per heavy atom. The Labute approximate surface area is 158 Å². The SMILES string of the molecule is CCCCCCNC(=O)CNC(=O)C(CC(=O)O)NC(=O)c1ccccc1. The van der Waals surface area contributed by atoms with Crippen molar-refractivity contribution in [1.82, 2.24) is 16.0 Å². The number of carboxylic acid groups (broad SMARTS) is 1. The molecular formula is C19H27N3O5. The van der Waals surface area contributed by atoms with Gasteiger partial charge in [-0.25, -0.2) is 0 Å². The quantitative estimate of drug-likeness (QED) is 0.406. The van der Waals surface area contributed by atoms with Crippen LogP contribution in [0.3, 0.4) is 0 Å². The summed E-state index contributed by atoms with van der Waals surface area (Å²) in [6, 6.07) is 6.89. The standard InChI is InChI=1S/C19H27N3O5/c1-2-3-4-8-11-20-16(23)13-21-19(27)15(12-17(24)25)22-18(26)14-9-6-5-7-10-14/h5-7,9-10,15H,2-4,8,11-13H2,1H3,(H,20,23)(H,21,27)(H,22,26)(H,24,25). The third-order valence-electron chi connectivity index (χ3n) is 3.81. The third-order valence-corrected chi connectivity index (χ3v) is 3.81. The van der Waals surface area contributed by atoms with Crippen LogP contribution in [0.5, 0.6) is 0 Å². The summed E-state index contributed by atoms with van der Waals surface area (Å²) in [6.07, 6.45) is 3.51. The molecule has 1 atom stereocenters. The van der Waals surface area contributed by atoms with Crippen LogP contribution >= 0.6 is 0 Å². The molecule has 1 rings (SSSR count). The van der Waals surface area contributed by atoms with Crippen LogP contribution in [0.1, 0.15) is 49.4 Å². The first-order valence-electron chi connectivity index (χ1n) is 9.06. The zero-order valence-electron chi connectivity index (χ0n) is 15.5. The van der Waals surface area contributed by atoms with Crippen molar-refractivity contribution in [3.63, 3.8) is 0 Å². The summed E-state index contributed by atoms with van der Waals surface area (Å²) < 4.78 is 0. The first-order valence-corrected chi connectivity index (χ1v) is 9.06. The average molecular weight is 377 g/mol. The van der Waals surface area contributed by atoms with Crippen LogP contribution in [0.25, 0.3) is 0 Å². The van der Waals surface area contributed by atoms with Gasteiger partial charge in [0.15, 0.2) is 0 Å². The molecule has 0 heterocycles. The number of carbonyl (C=O) groups excluding carboxylic acids is 3. The van der Waals surface area contributed by atoms with Crippen molar-refractivity contribution in [2.45, 2.75) is 45.1 Å². The van der Waals surface area contributed by atoms with E-state index in [1.807, 2.05) is 0 Å². The van der Waals surface area contributed by atoms with Gasteiger partial charge in [0.1, 0.15) is 6.04 Å². The fourth-order valence-corrected chi connectivity index (χ4v) is 2.35. The van der Waals surface area contributed by atoms with E-state index < -0.39 is 30.2 Å². The topological polar surface area (TPSA) is 125 Å². The van der Waals surface area contributed by atoms with Crippen molar-refractivity contribution in [2.24, 2.45) is 0 Å². The highest BCUT2D eigenvalue weighted by Crippen LogP contribution is 2.01. The molecular weight excluding hydrogens is 350 g/mol. The Morgan fingerprint density at radius 2 is 1.70 bits per heavy atom. The van der Waals surface area contributed by atoms with E-state index in [1.165, 1.54) is 0 Å². The average Bonchev–Trinajstić information content (AvgIpc) is 2.65. The molecule has 0 radical (unpaired) electrons. The van der Waals surface area contributed by atoms with Gasteiger partial charge in [-0.1, -0.05) is 44.4 Å². The van der Waals surface area contributed by atoms with Crippen LogP contribution in [0.4, 0.5) is 0 Å². The highest BCUT2D eigenvalue weighted by molar-refractivity contribution is 5.99. The maximum Gasteiger partial charge on any atom is 0.305 e. The molecule has 0 saturated carbocycles. The Hall–Kier alpha value is -2.90. The Bertz CT molecular complexity index is 633. The van der Waals surface area contributed by atoms with Crippen LogP contribution in [-0.2, 0) is 14.4 Å². The highest BCUT2D eigenvalue weighted by atomic mass is 16.4. The van der Waals surface area contributed by atoms with Crippen molar-refractivity contribution < 1.29 is 24.3 Å². The number of benzene rings is 1. The van der Waals surface area contributed by atoms with E-state index in [0.29, 0.717) is 12.1 Å². The molecule has 0 aliphatic carbocycles. The van der Waals surface area contributed by atoms with E-state index in [9.17, 15) is 19.2 Å². The zero-order chi connectivity index (χ0) is 20.1. The molecule has 0 fully saturated rings. The number of hydrogen-bond acceptors (Lipinski definition) is 4. The lowest BCUT2D eigenvalue weighted by molar-refractivity contribution is -0.139. The molecule has 3 amide bonds. The molecule has 0 spiro atoms. The number of rotatable bonds is 12. The van der Waals surface area contributed by atoms with E-state index in [-0.39, 0.29) is 12.5 Å². The second kappa shape index (κ2) is 12.5. The minimum absolute atomic E-state index is 0.274. The normalized spacial score (nSPS) is 11.3. The lowest BCUT2D eigenvalue weighted by atomic mass is 10.1. The van der Waals surface area contributed by atoms with Crippen LogP contribution in [0, 0.1) is 0 Å². The molecule has 0 aromatic heterocycles. The van der Waals surface area contributed by atoms with Crippen LogP contribution in [0.15, 0.2) is 30.3 Å².